The Bertz CT molecular complexity index is 1100. The molecule has 148 valence electrons. The molecule has 1 aliphatic heterocycles. The number of piperazine rings is 1. The monoisotopic (exact) mass is 393 g/mol. The Morgan fingerprint density at radius 1 is 1.14 bits per heavy atom. The van der Waals surface area contributed by atoms with Crippen LogP contribution in [0.4, 0.5) is 16.2 Å². The van der Waals surface area contributed by atoms with Crippen LogP contribution in [0.1, 0.15) is 11.3 Å². The first-order valence-corrected chi connectivity index (χ1v) is 9.15. The van der Waals surface area contributed by atoms with Crippen LogP contribution in [-0.4, -0.2) is 57.4 Å². The Labute approximate surface area is 166 Å². The van der Waals surface area contributed by atoms with Crippen molar-refractivity contribution in [1.29, 1.82) is 0 Å². The Morgan fingerprint density at radius 2 is 1.90 bits per heavy atom. The molecule has 2 N–H and O–H groups in total. The van der Waals surface area contributed by atoms with Gasteiger partial charge in [-0.15, -0.1) is 0 Å². The number of amides is 1. The molecule has 0 saturated carbocycles. The number of H-pyrrole nitrogens is 1. The average Bonchev–Trinajstić information content (AvgIpc) is 3.15. The number of nitro benzene ring substituents is 1. The maximum atomic E-state index is 11.6. The van der Waals surface area contributed by atoms with Crippen molar-refractivity contribution < 1.29 is 14.8 Å². The summed E-state index contributed by atoms with van der Waals surface area (Å²) in [6, 6.07) is 12.8. The van der Waals surface area contributed by atoms with E-state index in [4.69, 9.17) is 5.11 Å². The van der Waals surface area contributed by atoms with Gasteiger partial charge in [-0.3, -0.25) is 15.2 Å². The van der Waals surface area contributed by atoms with Crippen LogP contribution < -0.4 is 4.90 Å². The van der Waals surface area contributed by atoms with Crippen LogP contribution in [-0.2, 0) is 0 Å². The molecule has 0 aliphatic carbocycles. The third kappa shape index (κ3) is 3.75. The number of nitro groups is 1. The van der Waals surface area contributed by atoms with Crippen LogP contribution in [0.25, 0.3) is 23.1 Å². The van der Waals surface area contributed by atoms with Gasteiger partial charge >= 0.3 is 6.09 Å². The number of nitrogens with zero attached hydrogens (tertiary/aromatic N) is 4. The lowest BCUT2D eigenvalue weighted by molar-refractivity contribution is -0.385. The average molecular weight is 393 g/mol. The lowest BCUT2D eigenvalue weighted by Crippen LogP contribution is -2.48. The molecule has 4 rings (SSSR count). The molecule has 0 radical (unpaired) electrons. The summed E-state index contributed by atoms with van der Waals surface area (Å²) in [5, 5.41) is 28.8. The minimum absolute atomic E-state index is 0.000689. The summed E-state index contributed by atoms with van der Waals surface area (Å²) in [7, 11) is 0. The van der Waals surface area contributed by atoms with Gasteiger partial charge in [-0.25, -0.2) is 4.79 Å². The summed E-state index contributed by atoms with van der Waals surface area (Å²) in [5.41, 5.74) is 2.81. The Kier molecular flexibility index (Phi) is 4.86. The molecule has 0 spiro atoms. The molecule has 1 saturated heterocycles. The van der Waals surface area contributed by atoms with Crippen molar-refractivity contribution in [2.24, 2.45) is 0 Å². The molecule has 0 bridgehead atoms. The summed E-state index contributed by atoms with van der Waals surface area (Å²) >= 11 is 0. The van der Waals surface area contributed by atoms with Crippen LogP contribution in [0, 0.1) is 10.1 Å². The topological polar surface area (TPSA) is 116 Å². The number of nitrogens with one attached hydrogen (secondary N) is 1. The molecule has 3 aromatic rings. The number of fused-ring (bicyclic) bond motifs is 1. The molecule has 2 aromatic carbocycles. The van der Waals surface area contributed by atoms with Crippen molar-refractivity contribution in [2.75, 3.05) is 31.1 Å². The van der Waals surface area contributed by atoms with E-state index in [2.05, 4.69) is 10.2 Å². The van der Waals surface area contributed by atoms with E-state index >= 15 is 0 Å². The number of para-hydroxylation sites is 1. The van der Waals surface area contributed by atoms with Gasteiger partial charge in [-0.2, -0.15) is 5.10 Å². The van der Waals surface area contributed by atoms with E-state index in [1.807, 2.05) is 35.2 Å². The van der Waals surface area contributed by atoms with Crippen molar-refractivity contribution in [3.63, 3.8) is 0 Å². The first-order chi connectivity index (χ1) is 14.0. The molecule has 0 unspecified atom stereocenters. The van der Waals surface area contributed by atoms with Gasteiger partial charge in [0.2, 0.25) is 0 Å². The molecule has 2 heterocycles. The molecule has 1 aromatic heterocycles. The molecule has 1 aliphatic rings. The van der Waals surface area contributed by atoms with Gasteiger partial charge in [0, 0.05) is 43.3 Å². The highest BCUT2D eigenvalue weighted by Crippen LogP contribution is 2.28. The Balaban J connectivity index is 1.58. The van der Waals surface area contributed by atoms with Crippen molar-refractivity contribution in [3.05, 3.63) is 63.8 Å². The maximum Gasteiger partial charge on any atom is 0.407 e. The third-order valence-electron chi connectivity index (χ3n) is 5.05. The Morgan fingerprint density at radius 3 is 2.62 bits per heavy atom. The second-order valence-corrected chi connectivity index (χ2v) is 6.74. The van der Waals surface area contributed by atoms with E-state index in [-0.39, 0.29) is 5.69 Å². The maximum absolute atomic E-state index is 11.6. The standard InChI is InChI=1S/C20H19N5O4/c26-20(27)24-11-9-23(10-12-24)15-7-5-14(19(13-15)25(28)29)6-8-18-16-3-1-2-4-17(16)21-22-18/h1-8,13H,9-12H2,(H,21,22)(H,26,27)/b8-6+. The minimum atomic E-state index is -0.943. The Hall–Kier alpha value is -3.88. The van der Waals surface area contributed by atoms with Crippen LogP contribution >= 0.6 is 0 Å². The van der Waals surface area contributed by atoms with Crippen LogP contribution in [0.2, 0.25) is 0 Å². The van der Waals surface area contributed by atoms with Crippen LogP contribution in [0.3, 0.4) is 0 Å². The van der Waals surface area contributed by atoms with Gasteiger partial charge in [0.25, 0.3) is 5.69 Å². The predicted molar refractivity (Wildman–Crippen MR) is 110 cm³/mol. The van der Waals surface area contributed by atoms with Crippen LogP contribution in [0.15, 0.2) is 42.5 Å². The zero-order valence-corrected chi connectivity index (χ0v) is 15.5. The van der Waals surface area contributed by atoms with E-state index in [9.17, 15) is 14.9 Å². The fraction of sp³-hybridized carbons (Fsp3) is 0.200. The fourth-order valence-electron chi connectivity index (χ4n) is 3.46. The van der Waals surface area contributed by atoms with Crippen LogP contribution in [0.5, 0.6) is 0 Å². The number of aromatic amines is 1. The predicted octanol–water partition coefficient (Wildman–Crippen LogP) is 3.44. The molecule has 29 heavy (non-hydrogen) atoms. The SMILES string of the molecule is O=C(O)N1CCN(c2ccc(/C=C/c3n[nH]c4ccccc34)c([N+](=O)[O-])c2)CC1. The number of benzene rings is 2. The van der Waals surface area contributed by atoms with Crippen molar-refractivity contribution in [2.45, 2.75) is 0 Å². The third-order valence-corrected chi connectivity index (χ3v) is 5.05. The zero-order chi connectivity index (χ0) is 20.4. The first-order valence-electron chi connectivity index (χ1n) is 9.15. The van der Waals surface area contributed by atoms with E-state index in [1.54, 1.807) is 24.3 Å². The highest BCUT2D eigenvalue weighted by Gasteiger charge is 2.22. The molecule has 0 atom stereocenters. The van der Waals surface area contributed by atoms with Crippen molar-refractivity contribution >= 4 is 40.5 Å². The van der Waals surface area contributed by atoms with E-state index in [0.717, 1.165) is 10.9 Å². The highest BCUT2D eigenvalue weighted by atomic mass is 16.6. The first kappa shape index (κ1) is 18.5. The molecular weight excluding hydrogens is 374 g/mol. The fourth-order valence-corrected chi connectivity index (χ4v) is 3.46. The number of anilines is 1. The summed E-state index contributed by atoms with van der Waals surface area (Å²) in [5.74, 6) is 0. The smallest absolute Gasteiger partial charge is 0.407 e. The number of carbonyl (C=O) groups is 1. The van der Waals surface area contributed by atoms with E-state index in [0.29, 0.717) is 43.1 Å². The molecule has 1 fully saturated rings. The largest absolute Gasteiger partial charge is 0.465 e. The zero-order valence-electron chi connectivity index (χ0n) is 15.5. The normalized spacial score (nSPS) is 14.6. The summed E-state index contributed by atoms with van der Waals surface area (Å²) in [6.07, 6.45) is 2.50. The number of hydrogen-bond donors (Lipinski definition) is 2. The summed E-state index contributed by atoms with van der Waals surface area (Å²) in [4.78, 5) is 25.6. The lowest BCUT2D eigenvalue weighted by Gasteiger charge is -2.34. The lowest BCUT2D eigenvalue weighted by atomic mass is 10.1. The van der Waals surface area contributed by atoms with Gasteiger partial charge in [0.15, 0.2) is 0 Å². The quantitative estimate of drug-likeness (QED) is 0.518. The minimum Gasteiger partial charge on any atom is -0.465 e. The molecule has 1 amide bonds. The number of aromatic nitrogens is 2. The van der Waals surface area contributed by atoms with Gasteiger partial charge in [0.1, 0.15) is 0 Å². The van der Waals surface area contributed by atoms with E-state index in [1.165, 1.54) is 4.90 Å². The van der Waals surface area contributed by atoms with Gasteiger partial charge in [0.05, 0.1) is 21.7 Å². The van der Waals surface area contributed by atoms with Gasteiger partial charge < -0.3 is 14.9 Å². The van der Waals surface area contributed by atoms with Crippen molar-refractivity contribution in [1.82, 2.24) is 15.1 Å². The molecular formula is C20H19N5O4. The van der Waals surface area contributed by atoms with Gasteiger partial charge in [-0.05, 0) is 30.4 Å². The summed E-state index contributed by atoms with van der Waals surface area (Å²) in [6.45, 7) is 1.74. The number of hydrogen-bond acceptors (Lipinski definition) is 5. The second-order valence-electron chi connectivity index (χ2n) is 6.74. The highest BCUT2D eigenvalue weighted by molar-refractivity contribution is 5.90. The van der Waals surface area contributed by atoms with Gasteiger partial charge in [-0.1, -0.05) is 18.2 Å². The summed E-state index contributed by atoms with van der Waals surface area (Å²) < 4.78 is 0. The van der Waals surface area contributed by atoms with E-state index < -0.39 is 11.0 Å². The molecule has 9 heteroatoms. The molecule has 9 nitrogen and oxygen atoms in total. The number of carboxylic acid groups (broad SMARTS) is 1. The second kappa shape index (κ2) is 7.63. The number of rotatable bonds is 4. The van der Waals surface area contributed by atoms with Crippen molar-refractivity contribution in [3.8, 4) is 0 Å².